The number of thiophene rings is 1. The van der Waals surface area contributed by atoms with Crippen LogP contribution in [0.4, 0.5) is 8.78 Å². The number of hydrogen-bond acceptors (Lipinski definition) is 7. The van der Waals surface area contributed by atoms with Crippen LogP contribution >= 0.6 is 18.9 Å². The van der Waals surface area contributed by atoms with Gasteiger partial charge in [-0.2, -0.15) is 8.78 Å². The average Bonchev–Trinajstić information content (AvgIpc) is 3.36. The molecule has 1 aromatic carbocycles. The normalized spacial score (nSPS) is 28.7. The second-order valence-corrected chi connectivity index (χ2v) is 15.8. The molecule has 1 saturated carbocycles. The third-order valence-corrected chi connectivity index (χ3v) is 12.3. The summed E-state index contributed by atoms with van der Waals surface area (Å²) in [5.41, 5.74) is -5.24. The zero-order valence-corrected chi connectivity index (χ0v) is 26.6. The van der Waals surface area contributed by atoms with Crippen LogP contribution in [0.3, 0.4) is 0 Å². The van der Waals surface area contributed by atoms with Crippen molar-refractivity contribution in [2.45, 2.75) is 55.9 Å². The Hall–Kier alpha value is -2.97. The summed E-state index contributed by atoms with van der Waals surface area (Å²) in [6.07, 6.45) is 3.40. The molecule has 5 aliphatic rings. The Bertz CT molecular complexity index is 1640. The predicted octanol–water partition coefficient (Wildman–Crippen LogP) is 2.33. The van der Waals surface area contributed by atoms with Crippen LogP contribution in [-0.4, -0.2) is 106 Å². The summed E-state index contributed by atoms with van der Waals surface area (Å²) in [5, 5.41) is 3.07. The fraction of sp³-hybridized carbons (Fsp3) is 0.600. The number of carbonyl (C=O) groups excluding carboxylic acids is 4. The van der Waals surface area contributed by atoms with Crippen molar-refractivity contribution in [3.05, 3.63) is 34.7 Å². The molecule has 0 unspecified atom stereocenters. The van der Waals surface area contributed by atoms with Crippen molar-refractivity contribution in [1.29, 1.82) is 0 Å². The van der Waals surface area contributed by atoms with Crippen molar-refractivity contribution in [3.63, 3.8) is 0 Å². The lowest BCUT2D eigenvalue weighted by molar-refractivity contribution is -0.156. The van der Waals surface area contributed by atoms with Crippen LogP contribution in [0.1, 0.15) is 47.3 Å². The highest BCUT2D eigenvalue weighted by Crippen LogP contribution is 2.59. The van der Waals surface area contributed by atoms with Crippen LogP contribution in [-0.2, 0) is 29.3 Å². The molecule has 1 aliphatic carbocycles. The molecule has 0 spiro atoms. The van der Waals surface area contributed by atoms with Gasteiger partial charge in [0.25, 0.3) is 5.91 Å². The summed E-state index contributed by atoms with van der Waals surface area (Å²) < 4.78 is 45.7. The second kappa shape index (κ2) is 11.6. The van der Waals surface area contributed by atoms with E-state index in [0.717, 1.165) is 36.3 Å². The molecule has 4 aliphatic heterocycles. The highest BCUT2D eigenvalue weighted by atomic mass is 32.1. The quantitative estimate of drug-likeness (QED) is 0.393. The van der Waals surface area contributed by atoms with Gasteiger partial charge in [-0.1, -0.05) is 6.07 Å². The van der Waals surface area contributed by atoms with Crippen LogP contribution in [0.5, 0.6) is 0 Å². The number of morpholine rings is 1. The first-order valence-corrected chi connectivity index (χ1v) is 18.0. The fourth-order valence-corrected chi connectivity index (χ4v) is 8.86. The van der Waals surface area contributed by atoms with Gasteiger partial charge in [-0.15, -0.1) is 11.3 Å². The molecule has 248 valence electrons. The van der Waals surface area contributed by atoms with Gasteiger partial charge >= 0.3 is 13.3 Å². The lowest BCUT2D eigenvalue weighted by atomic mass is 9.96. The molecule has 46 heavy (non-hydrogen) atoms. The van der Waals surface area contributed by atoms with E-state index < -0.39 is 36.8 Å². The van der Waals surface area contributed by atoms with Gasteiger partial charge in [0.05, 0.1) is 24.0 Å². The van der Waals surface area contributed by atoms with Crippen molar-refractivity contribution in [1.82, 2.24) is 20.0 Å². The van der Waals surface area contributed by atoms with E-state index in [2.05, 4.69) is 5.32 Å². The average molecular weight is 681 g/mol. The monoisotopic (exact) mass is 680 g/mol. The molecule has 12 nitrogen and oxygen atoms in total. The Kier molecular flexibility index (Phi) is 7.99. The van der Waals surface area contributed by atoms with E-state index in [1.165, 1.54) is 12.1 Å². The molecule has 4 saturated heterocycles. The summed E-state index contributed by atoms with van der Waals surface area (Å²) in [6, 6.07) is 2.89. The van der Waals surface area contributed by atoms with Crippen molar-refractivity contribution in [3.8, 4) is 0 Å². The van der Waals surface area contributed by atoms with Gasteiger partial charge in [-0.3, -0.25) is 23.7 Å². The summed E-state index contributed by atoms with van der Waals surface area (Å²) in [6.45, 7) is 2.72. The number of halogens is 2. The molecule has 5 atom stereocenters. The Balaban J connectivity index is 1.05. The maximum Gasteiger partial charge on any atom is 0.399 e. The topological polar surface area (TPSA) is 157 Å². The molecule has 7 rings (SSSR count). The highest BCUT2D eigenvalue weighted by Gasteiger charge is 2.53. The molecular weight excluding hydrogens is 645 g/mol. The van der Waals surface area contributed by atoms with E-state index in [4.69, 9.17) is 14.5 Å². The predicted molar refractivity (Wildman–Crippen MR) is 161 cm³/mol. The molecule has 3 N–H and O–H groups in total. The smallest absolute Gasteiger partial charge is 0.378 e. The van der Waals surface area contributed by atoms with Gasteiger partial charge < -0.3 is 34.5 Å². The first-order valence-electron chi connectivity index (χ1n) is 15.6. The zero-order chi connectivity index (χ0) is 32.5. The SMILES string of the molecule is O=C(N[C@H]1C[C@@H]2C[C@@H]2C[C@H]2CC[C@@H](C(=O)N3CC(C(=O)N4CCOCC4)C3)N2C1=O)c1cc2cc(C(F)(F)P(=O)(O)O)ccc2s1. The maximum atomic E-state index is 14.3. The van der Waals surface area contributed by atoms with Crippen LogP contribution < -0.4 is 5.32 Å². The molecule has 1 aromatic heterocycles. The van der Waals surface area contributed by atoms with Crippen molar-refractivity contribution >= 4 is 52.6 Å². The Labute approximate surface area is 267 Å². The lowest BCUT2D eigenvalue weighted by Crippen LogP contribution is -2.62. The number of rotatable bonds is 6. The Morgan fingerprint density at radius 3 is 2.41 bits per heavy atom. The number of alkyl halides is 2. The Morgan fingerprint density at radius 2 is 1.70 bits per heavy atom. The maximum absolute atomic E-state index is 14.3. The minimum atomic E-state index is -5.76. The van der Waals surface area contributed by atoms with Gasteiger partial charge in [0.15, 0.2) is 0 Å². The van der Waals surface area contributed by atoms with Crippen LogP contribution in [0.15, 0.2) is 24.3 Å². The van der Waals surface area contributed by atoms with E-state index in [1.807, 2.05) is 0 Å². The number of nitrogens with one attached hydrogen (secondary N) is 1. The van der Waals surface area contributed by atoms with E-state index in [0.29, 0.717) is 69.3 Å². The minimum Gasteiger partial charge on any atom is -0.378 e. The Morgan fingerprint density at radius 1 is 0.978 bits per heavy atom. The summed E-state index contributed by atoms with van der Waals surface area (Å²) >= 11 is 1.02. The third kappa shape index (κ3) is 5.63. The molecule has 2 aromatic rings. The second-order valence-electron chi connectivity index (χ2n) is 13.1. The first kappa shape index (κ1) is 31.6. The molecule has 5 fully saturated rings. The number of likely N-dealkylation sites (tertiary alicyclic amines) is 1. The number of fused-ring (bicyclic) bond motifs is 3. The number of amides is 4. The summed E-state index contributed by atoms with van der Waals surface area (Å²) in [7, 11) is -5.76. The molecule has 4 amide bonds. The molecular formula is C30H35F2N4O8PS. The van der Waals surface area contributed by atoms with E-state index >= 15 is 0 Å². The van der Waals surface area contributed by atoms with E-state index in [9.17, 15) is 32.5 Å². The number of benzene rings is 1. The minimum absolute atomic E-state index is 0.0227. The van der Waals surface area contributed by atoms with Crippen LogP contribution in [0.25, 0.3) is 10.1 Å². The third-order valence-electron chi connectivity index (χ3n) is 10.1. The standard InChI is InChI=1S/C30H35F2N4O8PS/c31-30(32,45(41,42)43)20-1-4-24-18(10-20)13-25(46-24)26(37)33-22-12-17-9-16(17)11-21-2-3-23(36(21)28(22)39)29(40)35-14-19(15-35)27(38)34-5-7-44-8-6-34/h1,4,10,13,16-17,19,21-23H,2-3,5-9,11-12,14-15H2,(H,33,37)(H2,41,42,43)/t16-,17+,21-,22+,23+/m1/s1. The fourth-order valence-electron chi connectivity index (χ4n) is 7.44. The van der Waals surface area contributed by atoms with E-state index in [1.54, 1.807) is 14.7 Å². The highest BCUT2D eigenvalue weighted by molar-refractivity contribution is 7.52. The largest absolute Gasteiger partial charge is 0.399 e. The molecule has 16 heteroatoms. The molecule has 0 radical (unpaired) electrons. The summed E-state index contributed by atoms with van der Waals surface area (Å²) in [4.78, 5) is 77.5. The zero-order valence-electron chi connectivity index (χ0n) is 24.8. The van der Waals surface area contributed by atoms with Gasteiger partial charge in [0.1, 0.15) is 12.1 Å². The summed E-state index contributed by atoms with van der Waals surface area (Å²) in [5.74, 6) is -0.596. The van der Waals surface area contributed by atoms with Crippen molar-refractivity contribution < 1.29 is 47.0 Å². The van der Waals surface area contributed by atoms with E-state index in [-0.39, 0.29) is 45.9 Å². The van der Waals surface area contributed by atoms with Gasteiger partial charge in [0.2, 0.25) is 17.7 Å². The first-order chi connectivity index (χ1) is 21.8. The van der Waals surface area contributed by atoms with Crippen LogP contribution in [0.2, 0.25) is 0 Å². The van der Waals surface area contributed by atoms with Gasteiger partial charge in [0, 0.05) is 42.5 Å². The number of hydrogen-bond donors (Lipinski definition) is 3. The van der Waals surface area contributed by atoms with Gasteiger partial charge in [-0.25, -0.2) is 0 Å². The lowest BCUT2D eigenvalue weighted by Gasteiger charge is -2.44. The number of carbonyl (C=O) groups is 4. The number of nitrogens with zero attached hydrogens (tertiary/aromatic N) is 3. The number of ether oxygens (including phenoxy) is 1. The van der Waals surface area contributed by atoms with Crippen molar-refractivity contribution in [2.75, 3.05) is 39.4 Å². The molecule has 0 bridgehead atoms. The van der Waals surface area contributed by atoms with Crippen molar-refractivity contribution in [2.24, 2.45) is 17.8 Å². The van der Waals surface area contributed by atoms with Gasteiger partial charge in [-0.05, 0) is 67.5 Å². The van der Waals surface area contributed by atoms with Crippen LogP contribution in [0, 0.1) is 17.8 Å². The molecule has 5 heterocycles.